The average Bonchev–Trinajstić information content (AvgIpc) is 2.38. The monoisotopic (exact) mass is 282 g/mol. The van der Waals surface area contributed by atoms with Gasteiger partial charge in [0.05, 0.1) is 0 Å². The highest BCUT2D eigenvalue weighted by molar-refractivity contribution is 6.63. The molecule has 0 atom stereocenters. The van der Waals surface area contributed by atoms with Crippen molar-refractivity contribution >= 4 is 16.8 Å². The Balaban J connectivity index is 0.000000200. The van der Waals surface area contributed by atoms with Crippen LogP contribution in [0, 0.1) is 0 Å². The fourth-order valence-corrected chi connectivity index (χ4v) is 1.09. The van der Waals surface area contributed by atoms with E-state index in [0.717, 1.165) is 0 Å². The Labute approximate surface area is 113 Å². The van der Waals surface area contributed by atoms with E-state index in [1.54, 1.807) is 12.1 Å². The average molecular weight is 283 g/mol. The normalized spacial score (nSPS) is 9.11. The van der Waals surface area contributed by atoms with Crippen molar-refractivity contribution < 1.29 is 9.53 Å². The van der Waals surface area contributed by atoms with Gasteiger partial charge in [-0.3, -0.25) is 14.6 Å². The second-order valence-corrected chi connectivity index (χ2v) is 3.67. The molecule has 19 heavy (non-hydrogen) atoms. The molecule has 0 unspecified atom stereocenters. The van der Waals surface area contributed by atoms with Gasteiger partial charge in [-0.15, -0.1) is 0 Å². The summed E-state index contributed by atoms with van der Waals surface area (Å²) in [4.78, 5) is 34.9. The molecule has 0 saturated carbocycles. The first-order valence-electron chi connectivity index (χ1n) is 5.22. The molecule has 0 spiro atoms. The van der Waals surface area contributed by atoms with Crippen LogP contribution in [0.4, 0.5) is 0 Å². The number of carbonyl (C=O) groups is 1. The zero-order valence-corrected chi connectivity index (χ0v) is 10.5. The van der Waals surface area contributed by atoms with Crippen LogP contribution in [0.5, 0.6) is 5.75 Å². The molecule has 1 aromatic carbocycles. The first-order chi connectivity index (χ1) is 9.08. The number of aromatic nitrogens is 2. The van der Waals surface area contributed by atoms with Crippen LogP contribution in [0.15, 0.2) is 52.2 Å². The van der Waals surface area contributed by atoms with Gasteiger partial charge in [0.15, 0.2) is 6.61 Å². The highest BCUT2D eigenvalue weighted by Crippen LogP contribution is 2.07. The molecule has 2 aromatic rings. The van der Waals surface area contributed by atoms with Crippen LogP contribution in [-0.2, 0) is 4.79 Å². The lowest BCUT2D eigenvalue weighted by atomic mass is 10.3. The van der Waals surface area contributed by atoms with E-state index in [1.807, 2.05) is 23.2 Å². The van der Waals surface area contributed by atoms with E-state index in [4.69, 9.17) is 16.3 Å². The molecule has 2 N–H and O–H groups in total. The summed E-state index contributed by atoms with van der Waals surface area (Å²) in [5, 5.41) is -0.492. The van der Waals surface area contributed by atoms with Gasteiger partial charge in [0, 0.05) is 12.3 Å². The summed E-state index contributed by atoms with van der Waals surface area (Å²) < 4.78 is 4.99. The molecule has 7 heteroatoms. The first-order valence-corrected chi connectivity index (χ1v) is 5.60. The van der Waals surface area contributed by atoms with Crippen LogP contribution in [0.2, 0.25) is 0 Å². The van der Waals surface area contributed by atoms with Gasteiger partial charge in [0.1, 0.15) is 5.75 Å². The Bertz CT molecular complexity index is 596. The Hall–Kier alpha value is -2.34. The summed E-state index contributed by atoms with van der Waals surface area (Å²) in [5.74, 6) is 0.654. The molecule has 1 aromatic heterocycles. The van der Waals surface area contributed by atoms with Crippen molar-refractivity contribution in [2.24, 2.45) is 0 Å². The summed E-state index contributed by atoms with van der Waals surface area (Å²) in [6.07, 6.45) is 1.29. The van der Waals surface area contributed by atoms with Gasteiger partial charge in [-0.05, 0) is 23.7 Å². The molecule has 0 amide bonds. The molecule has 2 rings (SSSR count). The molecule has 1 heterocycles. The smallest absolute Gasteiger partial charge is 0.325 e. The van der Waals surface area contributed by atoms with Crippen LogP contribution in [0.25, 0.3) is 0 Å². The SMILES string of the molecule is O=C(Cl)COc1ccccc1.O=c1cc[nH]c(=O)[nH]1. The van der Waals surface area contributed by atoms with E-state index >= 15 is 0 Å². The molecule has 0 aliphatic carbocycles. The number of nitrogens with one attached hydrogen (secondary N) is 2. The maximum atomic E-state index is 10.3. The second kappa shape index (κ2) is 7.88. The maximum absolute atomic E-state index is 10.3. The summed E-state index contributed by atoms with van der Waals surface area (Å²) in [7, 11) is 0. The highest BCUT2D eigenvalue weighted by Gasteiger charge is 1.95. The summed E-state index contributed by atoms with van der Waals surface area (Å²) in [6, 6.07) is 10.3. The summed E-state index contributed by atoms with van der Waals surface area (Å²) >= 11 is 5.06. The molecule has 0 aliphatic heterocycles. The molecule has 0 bridgehead atoms. The first kappa shape index (κ1) is 14.7. The minimum atomic E-state index is -0.492. The van der Waals surface area contributed by atoms with Crippen LogP contribution in [0.3, 0.4) is 0 Å². The molecular weight excluding hydrogens is 272 g/mol. The number of benzene rings is 1. The van der Waals surface area contributed by atoms with Crippen molar-refractivity contribution in [1.82, 2.24) is 9.97 Å². The lowest BCUT2D eigenvalue weighted by molar-refractivity contribution is -0.113. The molecule has 0 fully saturated rings. The minimum Gasteiger partial charge on any atom is -0.484 e. The lowest BCUT2D eigenvalue weighted by Gasteiger charge is -2.00. The molecule has 6 nitrogen and oxygen atoms in total. The number of H-pyrrole nitrogens is 2. The number of aromatic amines is 2. The third-order valence-corrected chi connectivity index (χ3v) is 1.89. The minimum absolute atomic E-state index is 0.0778. The number of hydrogen-bond donors (Lipinski definition) is 2. The second-order valence-electron chi connectivity index (χ2n) is 3.25. The van der Waals surface area contributed by atoms with E-state index in [-0.39, 0.29) is 12.2 Å². The van der Waals surface area contributed by atoms with Crippen molar-refractivity contribution in [1.29, 1.82) is 0 Å². The van der Waals surface area contributed by atoms with Crippen molar-refractivity contribution in [3.8, 4) is 5.75 Å². The third-order valence-electron chi connectivity index (χ3n) is 1.78. The van der Waals surface area contributed by atoms with Crippen molar-refractivity contribution in [3.05, 3.63) is 63.4 Å². The third kappa shape index (κ3) is 6.85. The lowest BCUT2D eigenvalue weighted by Crippen LogP contribution is -2.19. The quantitative estimate of drug-likeness (QED) is 0.818. The van der Waals surface area contributed by atoms with E-state index in [2.05, 4.69) is 4.98 Å². The Morgan fingerprint density at radius 1 is 1.16 bits per heavy atom. The van der Waals surface area contributed by atoms with Crippen LogP contribution < -0.4 is 16.0 Å². The largest absolute Gasteiger partial charge is 0.484 e. The fraction of sp³-hybridized carbons (Fsp3) is 0.0833. The highest BCUT2D eigenvalue weighted by atomic mass is 35.5. The predicted molar refractivity (Wildman–Crippen MR) is 70.5 cm³/mol. The number of ether oxygens (including phenoxy) is 1. The van der Waals surface area contributed by atoms with E-state index in [1.165, 1.54) is 12.3 Å². The zero-order valence-electron chi connectivity index (χ0n) is 9.76. The summed E-state index contributed by atoms with van der Waals surface area (Å²) in [5.41, 5.74) is -0.855. The molecule has 0 radical (unpaired) electrons. The van der Waals surface area contributed by atoms with Crippen LogP contribution in [0.1, 0.15) is 0 Å². The van der Waals surface area contributed by atoms with Crippen molar-refractivity contribution in [3.63, 3.8) is 0 Å². The molecule has 0 saturated heterocycles. The molecule has 100 valence electrons. The van der Waals surface area contributed by atoms with Crippen LogP contribution in [-0.4, -0.2) is 21.8 Å². The number of hydrogen-bond acceptors (Lipinski definition) is 4. The fourth-order valence-electron chi connectivity index (χ4n) is 1.04. The Morgan fingerprint density at radius 3 is 2.32 bits per heavy atom. The van der Waals surface area contributed by atoms with Gasteiger partial charge < -0.3 is 9.72 Å². The number of para-hydroxylation sites is 1. The number of carbonyl (C=O) groups excluding carboxylic acids is 1. The van der Waals surface area contributed by atoms with Gasteiger partial charge in [-0.25, -0.2) is 4.79 Å². The number of rotatable bonds is 3. The summed E-state index contributed by atoms with van der Waals surface area (Å²) in [6.45, 7) is -0.0778. The molecular formula is C12H11ClN2O4. The number of halogens is 1. The Morgan fingerprint density at radius 2 is 1.84 bits per heavy atom. The maximum Gasteiger partial charge on any atom is 0.325 e. The predicted octanol–water partition coefficient (Wildman–Crippen LogP) is 0.894. The standard InChI is InChI=1S/C8H7ClO2.C4H4N2O2/c9-8(10)6-11-7-4-2-1-3-5-7;7-3-1-2-5-4(8)6-3/h1-5H,6H2;1-2H,(H2,5,6,7,8). The van der Waals surface area contributed by atoms with Crippen molar-refractivity contribution in [2.75, 3.05) is 6.61 Å². The van der Waals surface area contributed by atoms with Gasteiger partial charge in [0.25, 0.3) is 10.8 Å². The van der Waals surface area contributed by atoms with Crippen molar-refractivity contribution in [2.45, 2.75) is 0 Å². The van der Waals surface area contributed by atoms with Gasteiger partial charge >= 0.3 is 5.69 Å². The molecule has 0 aliphatic rings. The van der Waals surface area contributed by atoms with E-state index < -0.39 is 10.9 Å². The van der Waals surface area contributed by atoms with E-state index in [9.17, 15) is 14.4 Å². The van der Waals surface area contributed by atoms with Gasteiger partial charge in [-0.2, -0.15) is 0 Å². The van der Waals surface area contributed by atoms with E-state index in [0.29, 0.717) is 5.75 Å². The van der Waals surface area contributed by atoms with Gasteiger partial charge in [-0.1, -0.05) is 18.2 Å². The topological polar surface area (TPSA) is 92.0 Å². The van der Waals surface area contributed by atoms with Gasteiger partial charge in [0.2, 0.25) is 0 Å². The van der Waals surface area contributed by atoms with Crippen LogP contribution >= 0.6 is 11.6 Å². The zero-order chi connectivity index (χ0) is 14.1. The Kier molecular flexibility index (Phi) is 6.11.